The topological polar surface area (TPSA) is 118 Å². The van der Waals surface area contributed by atoms with E-state index >= 15 is 0 Å². The molecule has 1 aromatic carbocycles. The molecule has 1 fully saturated rings. The Labute approximate surface area is 172 Å². The van der Waals surface area contributed by atoms with Crippen LogP contribution in [-0.2, 0) is 4.74 Å². The first-order chi connectivity index (χ1) is 14.7. The average Bonchev–Trinajstić information content (AvgIpc) is 3.28. The van der Waals surface area contributed by atoms with Crippen LogP contribution >= 0.6 is 0 Å². The number of ether oxygens (including phenoxy) is 1. The lowest BCUT2D eigenvalue weighted by atomic mass is 9.99. The molecule has 30 heavy (non-hydrogen) atoms. The summed E-state index contributed by atoms with van der Waals surface area (Å²) in [4.78, 5) is 15.0. The Kier molecular flexibility index (Phi) is 4.56. The lowest BCUT2D eigenvalue weighted by Crippen LogP contribution is -2.36. The van der Waals surface area contributed by atoms with Crippen molar-refractivity contribution in [3.8, 4) is 11.1 Å². The second-order valence-electron chi connectivity index (χ2n) is 7.02. The minimum absolute atomic E-state index is 0.257. The minimum atomic E-state index is 0.257. The van der Waals surface area contributed by atoms with Crippen LogP contribution < -0.4 is 10.6 Å². The van der Waals surface area contributed by atoms with E-state index in [1.807, 2.05) is 42.6 Å². The number of benzene rings is 1. The van der Waals surface area contributed by atoms with E-state index < -0.39 is 0 Å². The van der Waals surface area contributed by atoms with Gasteiger partial charge in [0.05, 0.1) is 24.6 Å². The van der Waals surface area contributed by atoms with Gasteiger partial charge in [0.1, 0.15) is 18.5 Å². The van der Waals surface area contributed by atoms with Crippen LogP contribution in [0, 0.1) is 5.41 Å². The van der Waals surface area contributed by atoms with E-state index in [-0.39, 0.29) is 5.71 Å². The maximum atomic E-state index is 8.75. The van der Waals surface area contributed by atoms with Crippen LogP contribution in [0.3, 0.4) is 0 Å². The van der Waals surface area contributed by atoms with Gasteiger partial charge in [-0.05, 0) is 29.8 Å². The van der Waals surface area contributed by atoms with Gasteiger partial charge in [-0.3, -0.25) is 5.41 Å². The molecule has 4 aromatic rings. The summed E-state index contributed by atoms with van der Waals surface area (Å²) in [5.74, 6) is 0.791. The van der Waals surface area contributed by atoms with Crippen molar-refractivity contribution in [1.82, 2.24) is 24.6 Å². The quantitative estimate of drug-likeness (QED) is 0.397. The van der Waals surface area contributed by atoms with Crippen LogP contribution in [0.1, 0.15) is 11.3 Å². The zero-order chi connectivity index (χ0) is 20.5. The van der Waals surface area contributed by atoms with Crippen molar-refractivity contribution in [3.63, 3.8) is 0 Å². The van der Waals surface area contributed by atoms with E-state index in [1.54, 1.807) is 4.52 Å². The molecule has 0 atom stereocenters. The first kappa shape index (κ1) is 18.2. The monoisotopic (exact) mass is 400 g/mol. The van der Waals surface area contributed by atoms with Crippen LogP contribution in [0.2, 0.25) is 0 Å². The van der Waals surface area contributed by atoms with E-state index in [0.717, 1.165) is 35.7 Å². The molecule has 5 rings (SSSR count). The van der Waals surface area contributed by atoms with E-state index in [9.17, 15) is 0 Å². The van der Waals surface area contributed by atoms with E-state index in [2.05, 4.69) is 25.0 Å². The van der Waals surface area contributed by atoms with Crippen molar-refractivity contribution >= 4 is 22.9 Å². The van der Waals surface area contributed by atoms with Gasteiger partial charge in [-0.2, -0.15) is 5.10 Å². The summed E-state index contributed by atoms with van der Waals surface area (Å²) < 4.78 is 7.12. The van der Waals surface area contributed by atoms with E-state index in [4.69, 9.17) is 15.9 Å². The zero-order valence-electron chi connectivity index (χ0n) is 16.2. The molecule has 4 heterocycles. The van der Waals surface area contributed by atoms with E-state index in [0.29, 0.717) is 30.2 Å². The Morgan fingerprint density at radius 1 is 0.967 bits per heavy atom. The number of morpholine rings is 1. The van der Waals surface area contributed by atoms with Gasteiger partial charge < -0.3 is 15.4 Å². The van der Waals surface area contributed by atoms with Crippen LogP contribution in [0.15, 0.2) is 55.2 Å². The zero-order valence-corrected chi connectivity index (χ0v) is 16.2. The van der Waals surface area contributed by atoms with Crippen molar-refractivity contribution in [2.75, 3.05) is 36.9 Å². The molecular weight excluding hydrogens is 380 g/mol. The average molecular weight is 400 g/mol. The largest absolute Gasteiger partial charge is 0.398 e. The summed E-state index contributed by atoms with van der Waals surface area (Å²) >= 11 is 0. The molecule has 1 aliphatic heterocycles. The van der Waals surface area contributed by atoms with Gasteiger partial charge in [0, 0.05) is 42.2 Å². The van der Waals surface area contributed by atoms with Crippen LogP contribution in [0.5, 0.6) is 0 Å². The molecule has 0 saturated carbocycles. The Balaban J connectivity index is 1.49. The molecular formula is C21H20N8O. The lowest BCUT2D eigenvalue weighted by Gasteiger charge is -2.27. The third kappa shape index (κ3) is 3.35. The van der Waals surface area contributed by atoms with Gasteiger partial charge in [0.2, 0.25) is 0 Å². The molecule has 0 amide bonds. The normalized spacial score (nSPS) is 14.2. The number of fused-ring (bicyclic) bond motifs is 1. The highest BCUT2D eigenvalue weighted by Crippen LogP contribution is 2.26. The first-order valence-electron chi connectivity index (χ1n) is 9.62. The number of nitrogens with two attached hydrogens (primary N) is 1. The van der Waals surface area contributed by atoms with Crippen molar-refractivity contribution in [3.05, 3.63) is 66.5 Å². The summed E-state index contributed by atoms with van der Waals surface area (Å²) in [6.45, 7) is 2.88. The van der Waals surface area contributed by atoms with Crippen molar-refractivity contribution < 1.29 is 4.74 Å². The smallest absolute Gasteiger partial charge is 0.155 e. The fourth-order valence-electron chi connectivity index (χ4n) is 3.53. The maximum absolute atomic E-state index is 8.75. The molecule has 0 spiro atoms. The minimum Gasteiger partial charge on any atom is -0.398 e. The number of hydrogen-bond donors (Lipinski definition) is 2. The highest BCUT2D eigenvalue weighted by molar-refractivity contribution is 6.13. The molecule has 0 unspecified atom stereocenters. The SMILES string of the molecule is N=C(c1cc(N2CCOCC2)ncn1)c1cc(-c2ccc3ncnn3c2)ccc1N. The highest BCUT2D eigenvalue weighted by atomic mass is 16.5. The predicted molar refractivity (Wildman–Crippen MR) is 114 cm³/mol. The van der Waals surface area contributed by atoms with Gasteiger partial charge in [-0.15, -0.1) is 0 Å². The van der Waals surface area contributed by atoms with Gasteiger partial charge in [-0.25, -0.2) is 19.5 Å². The summed E-state index contributed by atoms with van der Waals surface area (Å²) in [5, 5.41) is 12.9. The molecule has 0 radical (unpaired) electrons. The van der Waals surface area contributed by atoms with Crippen LogP contribution in [0.25, 0.3) is 16.8 Å². The van der Waals surface area contributed by atoms with Crippen LogP contribution in [-0.4, -0.2) is 56.6 Å². The fourth-order valence-corrected chi connectivity index (χ4v) is 3.53. The highest BCUT2D eigenvalue weighted by Gasteiger charge is 2.17. The number of nitrogens with one attached hydrogen (secondary N) is 1. The third-order valence-electron chi connectivity index (χ3n) is 5.17. The number of rotatable bonds is 4. The van der Waals surface area contributed by atoms with Gasteiger partial charge in [0.15, 0.2) is 5.65 Å². The Bertz CT molecular complexity index is 1230. The van der Waals surface area contributed by atoms with Crippen molar-refractivity contribution in [2.45, 2.75) is 0 Å². The second kappa shape index (κ2) is 7.53. The number of anilines is 2. The molecule has 0 aliphatic carbocycles. The standard InChI is InChI=1S/C21H20N8O/c22-17-3-1-14(15-2-4-19-26-13-27-29(19)11-15)9-16(17)21(23)18-10-20(25-12-24-18)28-5-7-30-8-6-28/h1-4,9-13,23H,5-8,22H2. The van der Waals surface area contributed by atoms with Gasteiger partial charge >= 0.3 is 0 Å². The predicted octanol–water partition coefficient (Wildman–Crippen LogP) is 2.02. The Morgan fingerprint density at radius 3 is 2.67 bits per heavy atom. The molecule has 1 saturated heterocycles. The van der Waals surface area contributed by atoms with Crippen molar-refractivity contribution in [2.24, 2.45) is 0 Å². The molecule has 1 aliphatic rings. The lowest BCUT2D eigenvalue weighted by molar-refractivity contribution is 0.122. The maximum Gasteiger partial charge on any atom is 0.155 e. The fraction of sp³-hybridized carbons (Fsp3) is 0.190. The van der Waals surface area contributed by atoms with Gasteiger partial charge in [0.25, 0.3) is 0 Å². The molecule has 150 valence electrons. The number of pyridine rings is 1. The first-order valence-corrected chi connectivity index (χ1v) is 9.62. The number of nitrogens with zero attached hydrogens (tertiary/aromatic N) is 6. The molecule has 3 aromatic heterocycles. The van der Waals surface area contributed by atoms with E-state index in [1.165, 1.54) is 12.7 Å². The number of nitrogen functional groups attached to an aromatic ring is 1. The summed E-state index contributed by atoms with van der Waals surface area (Å²) in [6, 6.07) is 11.4. The summed E-state index contributed by atoms with van der Waals surface area (Å²) in [6.07, 6.45) is 4.92. The van der Waals surface area contributed by atoms with Crippen molar-refractivity contribution in [1.29, 1.82) is 5.41 Å². The molecule has 9 nitrogen and oxygen atoms in total. The number of hydrogen-bond acceptors (Lipinski definition) is 8. The molecule has 0 bridgehead atoms. The molecule has 3 N–H and O–H groups in total. The number of aromatic nitrogens is 5. The summed E-state index contributed by atoms with van der Waals surface area (Å²) in [5.41, 5.74) is 10.8. The van der Waals surface area contributed by atoms with Crippen LogP contribution in [0.4, 0.5) is 11.5 Å². The Morgan fingerprint density at radius 2 is 1.80 bits per heavy atom. The molecule has 9 heteroatoms. The Hall–Kier alpha value is -3.85. The summed E-state index contributed by atoms with van der Waals surface area (Å²) in [7, 11) is 0. The van der Waals surface area contributed by atoms with Gasteiger partial charge in [-0.1, -0.05) is 6.07 Å². The third-order valence-corrected chi connectivity index (χ3v) is 5.17. The second-order valence-corrected chi connectivity index (χ2v) is 7.02.